The van der Waals surface area contributed by atoms with E-state index in [4.69, 9.17) is 9.47 Å². The van der Waals surface area contributed by atoms with Crippen LogP contribution in [0.2, 0.25) is 0 Å². The summed E-state index contributed by atoms with van der Waals surface area (Å²) in [5.74, 6) is 0.556. The fourth-order valence-electron chi connectivity index (χ4n) is 2.18. The Morgan fingerprint density at radius 1 is 1.37 bits per heavy atom. The summed E-state index contributed by atoms with van der Waals surface area (Å²) < 4.78 is 46.0. The standard InChI is InChI=1S/C13H24F3NO2/c1-11(2)7-17-8-12(3-5-18-9-12)4-6-19-10-13(14,15)16/h11,17H,3-10H2,1-2H3. The third-order valence-electron chi connectivity index (χ3n) is 3.28. The van der Waals surface area contributed by atoms with Crippen molar-refractivity contribution >= 4 is 0 Å². The Morgan fingerprint density at radius 2 is 2.11 bits per heavy atom. The van der Waals surface area contributed by atoms with Crippen LogP contribution in [0.5, 0.6) is 0 Å². The van der Waals surface area contributed by atoms with E-state index in [1.165, 1.54) is 0 Å². The highest BCUT2D eigenvalue weighted by Gasteiger charge is 2.35. The monoisotopic (exact) mass is 283 g/mol. The van der Waals surface area contributed by atoms with Crippen LogP contribution in [0.1, 0.15) is 26.7 Å². The molecule has 0 radical (unpaired) electrons. The molecule has 0 bridgehead atoms. The van der Waals surface area contributed by atoms with E-state index >= 15 is 0 Å². The molecular weight excluding hydrogens is 259 g/mol. The Hall–Kier alpha value is -0.330. The maximum atomic E-state index is 12.0. The highest BCUT2D eigenvalue weighted by Crippen LogP contribution is 2.32. The Bertz CT molecular complexity index is 251. The van der Waals surface area contributed by atoms with Crippen molar-refractivity contribution < 1.29 is 22.6 Å². The zero-order valence-corrected chi connectivity index (χ0v) is 11.7. The Balaban J connectivity index is 2.27. The summed E-state index contributed by atoms with van der Waals surface area (Å²) in [6.45, 7) is 6.19. The molecule has 0 saturated carbocycles. The van der Waals surface area contributed by atoms with Gasteiger partial charge < -0.3 is 14.8 Å². The van der Waals surface area contributed by atoms with Gasteiger partial charge in [-0.25, -0.2) is 0 Å². The summed E-state index contributed by atoms with van der Waals surface area (Å²) in [5.41, 5.74) is -0.0690. The number of rotatable bonds is 8. The zero-order valence-electron chi connectivity index (χ0n) is 11.7. The quantitative estimate of drug-likeness (QED) is 0.695. The minimum Gasteiger partial charge on any atom is -0.381 e. The van der Waals surface area contributed by atoms with Crippen LogP contribution in [0.4, 0.5) is 13.2 Å². The van der Waals surface area contributed by atoms with Crippen LogP contribution in [-0.2, 0) is 9.47 Å². The van der Waals surface area contributed by atoms with Gasteiger partial charge in [-0.2, -0.15) is 13.2 Å². The van der Waals surface area contributed by atoms with Crippen molar-refractivity contribution in [1.82, 2.24) is 5.32 Å². The summed E-state index contributed by atoms with van der Waals surface area (Å²) in [4.78, 5) is 0. The van der Waals surface area contributed by atoms with Gasteiger partial charge in [0.05, 0.1) is 6.61 Å². The molecule has 1 heterocycles. The van der Waals surface area contributed by atoms with Gasteiger partial charge in [-0.05, 0) is 25.3 Å². The molecule has 0 spiro atoms. The lowest BCUT2D eigenvalue weighted by Crippen LogP contribution is -2.37. The van der Waals surface area contributed by atoms with Gasteiger partial charge >= 0.3 is 6.18 Å². The van der Waals surface area contributed by atoms with Gasteiger partial charge in [0.2, 0.25) is 0 Å². The van der Waals surface area contributed by atoms with Crippen LogP contribution in [0, 0.1) is 11.3 Å². The molecule has 1 fully saturated rings. The van der Waals surface area contributed by atoms with Gasteiger partial charge in [-0.1, -0.05) is 13.8 Å². The molecule has 0 aromatic carbocycles. The molecule has 114 valence electrons. The van der Waals surface area contributed by atoms with E-state index in [9.17, 15) is 13.2 Å². The van der Waals surface area contributed by atoms with Crippen LogP contribution in [0.25, 0.3) is 0 Å². The van der Waals surface area contributed by atoms with Gasteiger partial charge in [0.1, 0.15) is 6.61 Å². The van der Waals surface area contributed by atoms with E-state index in [0.717, 1.165) is 19.5 Å². The Morgan fingerprint density at radius 3 is 2.63 bits per heavy atom. The normalized spacial score (nSPS) is 24.3. The lowest BCUT2D eigenvalue weighted by molar-refractivity contribution is -0.175. The minimum atomic E-state index is -4.24. The third-order valence-corrected chi connectivity index (χ3v) is 3.28. The fraction of sp³-hybridized carbons (Fsp3) is 1.00. The molecule has 1 rings (SSSR count). The average Bonchev–Trinajstić information content (AvgIpc) is 2.72. The lowest BCUT2D eigenvalue weighted by Gasteiger charge is -2.28. The van der Waals surface area contributed by atoms with E-state index in [0.29, 0.717) is 25.6 Å². The summed E-state index contributed by atoms with van der Waals surface area (Å²) in [7, 11) is 0. The molecule has 0 aromatic heterocycles. The smallest absolute Gasteiger partial charge is 0.381 e. The van der Waals surface area contributed by atoms with Gasteiger partial charge in [-0.15, -0.1) is 0 Å². The van der Waals surface area contributed by atoms with Gasteiger partial charge in [0, 0.05) is 25.2 Å². The number of alkyl halides is 3. The van der Waals surface area contributed by atoms with E-state index in [-0.39, 0.29) is 12.0 Å². The first kappa shape index (κ1) is 16.7. The van der Waals surface area contributed by atoms with Crippen LogP contribution in [-0.4, -0.2) is 45.7 Å². The molecule has 0 aromatic rings. The predicted molar refractivity (Wildman–Crippen MR) is 67.1 cm³/mol. The van der Waals surface area contributed by atoms with Crippen LogP contribution in [0.3, 0.4) is 0 Å². The van der Waals surface area contributed by atoms with Crippen molar-refractivity contribution in [3.63, 3.8) is 0 Å². The summed E-state index contributed by atoms with van der Waals surface area (Å²) in [6, 6.07) is 0. The van der Waals surface area contributed by atoms with Crippen molar-refractivity contribution in [2.45, 2.75) is 32.9 Å². The summed E-state index contributed by atoms with van der Waals surface area (Å²) in [5, 5.41) is 3.37. The molecule has 1 aliphatic rings. The van der Waals surface area contributed by atoms with Crippen LogP contribution in [0.15, 0.2) is 0 Å². The first-order valence-corrected chi connectivity index (χ1v) is 6.76. The maximum Gasteiger partial charge on any atom is 0.411 e. The number of halogens is 3. The maximum absolute atomic E-state index is 12.0. The number of hydrogen-bond donors (Lipinski definition) is 1. The number of nitrogens with one attached hydrogen (secondary N) is 1. The molecule has 1 saturated heterocycles. The number of hydrogen-bond acceptors (Lipinski definition) is 3. The van der Waals surface area contributed by atoms with Gasteiger partial charge in [0.25, 0.3) is 0 Å². The first-order chi connectivity index (χ1) is 8.83. The highest BCUT2D eigenvalue weighted by atomic mass is 19.4. The molecule has 0 aliphatic carbocycles. The van der Waals surface area contributed by atoms with Crippen molar-refractivity contribution in [2.75, 3.05) is 39.5 Å². The Kier molecular flexibility index (Phi) is 6.56. The second-order valence-corrected chi connectivity index (χ2v) is 5.75. The van der Waals surface area contributed by atoms with Crippen molar-refractivity contribution in [1.29, 1.82) is 0 Å². The third kappa shape index (κ3) is 7.13. The fourth-order valence-corrected chi connectivity index (χ4v) is 2.18. The average molecular weight is 283 g/mol. The molecule has 1 aliphatic heterocycles. The van der Waals surface area contributed by atoms with Gasteiger partial charge in [0.15, 0.2) is 0 Å². The largest absolute Gasteiger partial charge is 0.411 e. The van der Waals surface area contributed by atoms with Crippen molar-refractivity contribution in [3.8, 4) is 0 Å². The molecule has 1 unspecified atom stereocenters. The molecule has 1 N–H and O–H groups in total. The van der Waals surface area contributed by atoms with Crippen LogP contribution < -0.4 is 5.32 Å². The minimum absolute atomic E-state index is 0.0690. The topological polar surface area (TPSA) is 30.5 Å². The molecule has 19 heavy (non-hydrogen) atoms. The van der Waals surface area contributed by atoms with E-state index in [1.807, 2.05) is 0 Å². The second-order valence-electron chi connectivity index (χ2n) is 5.75. The first-order valence-electron chi connectivity index (χ1n) is 6.76. The summed E-state index contributed by atoms with van der Waals surface area (Å²) in [6.07, 6.45) is -2.75. The molecule has 1 atom stereocenters. The SMILES string of the molecule is CC(C)CNCC1(CCOCC(F)(F)F)CCOC1. The van der Waals surface area contributed by atoms with E-state index in [2.05, 4.69) is 19.2 Å². The molecule has 0 amide bonds. The number of ether oxygens (including phenoxy) is 2. The van der Waals surface area contributed by atoms with E-state index in [1.54, 1.807) is 0 Å². The molecule has 6 heteroatoms. The Labute approximate surface area is 112 Å². The molecule has 3 nitrogen and oxygen atoms in total. The van der Waals surface area contributed by atoms with Crippen LogP contribution >= 0.6 is 0 Å². The second kappa shape index (κ2) is 7.45. The predicted octanol–water partition coefficient (Wildman–Crippen LogP) is 2.61. The highest BCUT2D eigenvalue weighted by molar-refractivity contribution is 4.85. The summed E-state index contributed by atoms with van der Waals surface area (Å²) >= 11 is 0. The lowest BCUT2D eigenvalue weighted by atomic mass is 9.84. The van der Waals surface area contributed by atoms with Gasteiger partial charge in [-0.3, -0.25) is 0 Å². The van der Waals surface area contributed by atoms with Crippen molar-refractivity contribution in [2.24, 2.45) is 11.3 Å². The van der Waals surface area contributed by atoms with Crippen molar-refractivity contribution in [3.05, 3.63) is 0 Å². The molecular formula is C13H24F3NO2. The zero-order chi connectivity index (χ0) is 14.4. The van der Waals surface area contributed by atoms with E-state index < -0.39 is 12.8 Å².